The summed E-state index contributed by atoms with van der Waals surface area (Å²) >= 11 is 0. The Kier molecular flexibility index (Phi) is 3.12. The molecule has 0 radical (unpaired) electrons. The highest BCUT2D eigenvalue weighted by Gasteiger charge is 2.12. The van der Waals surface area contributed by atoms with Gasteiger partial charge in [-0.2, -0.15) is 5.10 Å². The standard InChI is InChI=1S/C15H13N5O/c16-12-5-3-10(4-6-12)11-8-19-20(9-11)15-13(14(17)21)2-1-7-18-15/h1-9H,16H2,(H2,17,21). The van der Waals surface area contributed by atoms with Gasteiger partial charge < -0.3 is 11.5 Å². The third-order valence-electron chi connectivity index (χ3n) is 3.10. The predicted molar refractivity (Wildman–Crippen MR) is 79.7 cm³/mol. The summed E-state index contributed by atoms with van der Waals surface area (Å²) in [5.74, 6) is -0.130. The van der Waals surface area contributed by atoms with Crippen molar-refractivity contribution in [3.05, 3.63) is 60.6 Å². The molecule has 0 fully saturated rings. The second kappa shape index (κ2) is 5.09. The average Bonchev–Trinajstić information content (AvgIpc) is 2.97. The number of hydrogen-bond donors (Lipinski definition) is 2. The summed E-state index contributed by atoms with van der Waals surface area (Å²) in [5.41, 5.74) is 13.9. The molecule has 0 bridgehead atoms. The van der Waals surface area contributed by atoms with Crippen LogP contribution in [0.25, 0.3) is 16.9 Å². The van der Waals surface area contributed by atoms with Crippen LogP contribution in [-0.2, 0) is 0 Å². The maximum atomic E-state index is 11.4. The van der Waals surface area contributed by atoms with Gasteiger partial charge in [0, 0.05) is 23.6 Å². The number of primary amides is 1. The van der Waals surface area contributed by atoms with E-state index in [0.717, 1.165) is 11.1 Å². The van der Waals surface area contributed by atoms with E-state index in [1.165, 1.54) is 4.68 Å². The molecule has 0 unspecified atom stereocenters. The van der Waals surface area contributed by atoms with Gasteiger partial charge in [0.25, 0.3) is 5.91 Å². The van der Waals surface area contributed by atoms with E-state index >= 15 is 0 Å². The van der Waals surface area contributed by atoms with Crippen molar-refractivity contribution in [1.82, 2.24) is 14.8 Å². The molecule has 0 atom stereocenters. The lowest BCUT2D eigenvalue weighted by molar-refractivity contribution is 0.1000. The van der Waals surface area contributed by atoms with Crippen LogP contribution in [0, 0.1) is 0 Å². The Balaban J connectivity index is 2.03. The van der Waals surface area contributed by atoms with Gasteiger partial charge in [0.05, 0.1) is 11.8 Å². The lowest BCUT2D eigenvalue weighted by atomic mass is 10.1. The van der Waals surface area contributed by atoms with E-state index in [1.54, 1.807) is 30.7 Å². The fourth-order valence-electron chi connectivity index (χ4n) is 2.04. The Morgan fingerprint density at radius 2 is 1.86 bits per heavy atom. The van der Waals surface area contributed by atoms with Crippen LogP contribution < -0.4 is 11.5 Å². The van der Waals surface area contributed by atoms with E-state index in [-0.39, 0.29) is 0 Å². The second-order valence-corrected chi connectivity index (χ2v) is 4.53. The Hall–Kier alpha value is -3.15. The number of carbonyl (C=O) groups is 1. The van der Waals surface area contributed by atoms with Crippen LogP contribution in [-0.4, -0.2) is 20.7 Å². The molecular weight excluding hydrogens is 266 g/mol. The number of benzene rings is 1. The number of aromatic nitrogens is 3. The molecule has 1 amide bonds. The molecule has 0 saturated heterocycles. The van der Waals surface area contributed by atoms with E-state index in [9.17, 15) is 4.79 Å². The van der Waals surface area contributed by atoms with Gasteiger partial charge in [-0.25, -0.2) is 9.67 Å². The first-order valence-corrected chi connectivity index (χ1v) is 6.31. The van der Waals surface area contributed by atoms with Crippen molar-refractivity contribution < 1.29 is 4.79 Å². The normalized spacial score (nSPS) is 10.5. The maximum absolute atomic E-state index is 11.4. The topological polar surface area (TPSA) is 99.8 Å². The van der Waals surface area contributed by atoms with Crippen LogP contribution >= 0.6 is 0 Å². The molecule has 21 heavy (non-hydrogen) atoms. The molecule has 3 rings (SSSR count). The number of nitrogens with zero attached hydrogens (tertiary/aromatic N) is 3. The number of anilines is 1. The first-order chi connectivity index (χ1) is 10.1. The highest BCUT2D eigenvalue weighted by Crippen LogP contribution is 2.21. The highest BCUT2D eigenvalue weighted by atomic mass is 16.1. The van der Waals surface area contributed by atoms with Gasteiger partial charge >= 0.3 is 0 Å². The third-order valence-corrected chi connectivity index (χ3v) is 3.10. The molecule has 2 heterocycles. The summed E-state index contributed by atoms with van der Waals surface area (Å²) in [6.45, 7) is 0. The molecule has 4 N–H and O–H groups in total. The van der Waals surface area contributed by atoms with Crippen molar-refractivity contribution >= 4 is 11.6 Å². The molecule has 6 nitrogen and oxygen atoms in total. The first kappa shape index (κ1) is 12.9. The van der Waals surface area contributed by atoms with Crippen molar-refractivity contribution in [3.8, 4) is 16.9 Å². The molecular formula is C15H13N5O. The molecule has 2 aromatic heterocycles. The minimum atomic E-state index is -0.539. The van der Waals surface area contributed by atoms with Gasteiger partial charge in [-0.05, 0) is 29.8 Å². The van der Waals surface area contributed by atoms with Gasteiger partial charge in [0.15, 0.2) is 5.82 Å². The van der Waals surface area contributed by atoms with Gasteiger partial charge in [0.2, 0.25) is 0 Å². The number of hydrogen-bond acceptors (Lipinski definition) is 4. The van der Waals surface area contributed by atoms with Gasteiger partial charge in [-0.3, -0.25) is 4.79 Å². The van der Waals surface area contributed by atoms with Crippen molar-refractivity contribution in [3.63, 3.8) is 0 Å². The monoisotopic (exact) mass is 279 g/mol. The van der Waals surface area contributed by atoms with Crippen LogP contribution in [0.2, 0.25) is 0 Å². The SMILES string of the molecule is NC(=O)c1cccnc1-n1cc(-c2ccc(N)cc2)cn1. The van der Waals surface area contributed by atoms with Crippen LogP contribution in [0.1, 0.15) is 10.4 Å². The second-order valence-electron chi connectivity index (χ2n) is 4.53. The smallest absolute Gasteiger partial charge is 0.252 e. The number of carbonyl (C=O) groups excluding carboxylic acids is 1. The Morgan fingerprint density at radius 3 is 2.57 bits per heavy atom. The molecule has 1 aromatic carbocycles. The molecule has 0 aliphatic rings. The molecule has 0 aliphatic carbocycles. The molecule has 6 heteroatoms. The number of nitrogens with two attached hydrogens (primary N) is 2. The Morgan fingerprint density at radius 1 is 1.10 bits per heavy atom. The van der Waals surface area contributed by atoms with Crippen LogP contribution in [0.5, 0.6) is 0 Å². The molecule has 104 valence electrons. The largest absolute Gasteiger partial charge is 0.399 e. The van der Waals surface area contributed by atoms with Crippen LogP contribution in [0.3, 0.4) is 0 Å². The molecule has 0 spiro atoms. The summed E-state index contributed by atoms with van der Waals surface area (Å²) in [5, 5.41) is 4.24. The number of amides is 1. The van der Waals surface area contributed by atoms with Crippen LogP contribution in [0.4, 0.5) is 5.69 Å². The minimum absolute atomic E-state index is 0.324. The van der Waals surface area contributed by atoms with E-state index in [4.69, 9.17) is 11.5 Å². The zero-order chi connectivity index (χ0) is 14.8. The fraction of sp³-hybridized carbons (Fsp3) is 0. The molecule has 3 aromatic rings. The summed E-state index contributed by atoms with van der Waals surface area (Å²) in [4.78, 5) is 15.6. The maximum Gasteiger partial charge on any atom is 0.252 e. The minimum Gasteiger partial charge on any atom is -0.399 e. The molecule has 0 aliphatic heterocycles. The van der Waals surface area contributed by atoms with Crippen molar-refractivity contribution in [2.45, 2.75) is 0 Å². The van der Waals surface area contributed by atoms with E-state index in [2.05, 4.69) is 10.1 Å². The number of rotatable bonds is 3. The fourth-order valence-corrected chi connectivity index (χ4v) is 2.04. The van der Waals surface area contributed by atoms with Gasteiger partial charge in [-0.1, -0.05) is 12.1 Å². The summed E-state index contributed by atoms with van der Waals surface area (Å²) in [6.07, 6.45) is 5.08. The predicted octanol–water partition coefficient (Wildman–Crippen LogP) is 1.62. The first-order valence-electron chi connectivity index (χ1n) is 6.31. The highest BCUT2D eigenvalue weighted by molar-refractivity contribution is 5.95. The molecule has 0 saturated carbocycles. The average molecular weight is 279 g/mol. The summed E-state index contributed by atoms with van der Waals surface area (Å²) in [7, 11) is 0. The zero-order valence-electron chi connectivity index (χ0n) is 11.1. The van der Waals surface area contributed by atoms with Crippen molar-refractivity contribution in [2.75, 3.05) is 5.73 Å². The number of nitrogen functional groups attached to an aromatic ring is 1. The zero-order valence-corrected chi connectivity index (χ0v) is 11.1. The summed E-state index contributed by atoms with van der Waals surface area (Å²) in [6, 6.07) is 10.7. The van der Waals surface area contributed by atoms with Crippen molar-refractivity contribution in [1.29, 1.82) is 0 Å². The van der Waals surface area contributed by atoms with Crippen LogP contribution in [0.15, 0.2) is 55.0 Å². The van der Waals surface area contributed by atoms with Crippen molar-refractivity contribution in [2.24, 2.45) is 5.73 Å². The van der Waals surface area contributed by atoms with Gasteiger partial charge in [0.1, 0.15) is 0 Å². The number of pyridine rings is 1. The Bertz CT molecular complexity index is 792. The van der Waals surface area contributed by atoms with E-state index in [0.29, 0.717) is 17.1 Å². The quantitative estimate of drug-likeness (QED) is 0.711. The summed E-state index contributed by atoms with van der Waals surface area (Å²) < 4.78 is 1.53. The lowest BCUT2D eigenvalue weighted by Crippen LogP contribution is -2.15. The third kappa shape index (κ3) is 2.46. The van der Waals surface area contributed by atoms with Gasteiger partial charge in [-0.15, -0.1) is 0 Å². The Labute approximate surface area is 121 Å². The lowest BCUT2D eigenvalue weighted by Gasteiger charge is -2.04. The van der Waals surface area contributed by atoms with E-state index < -0.39 is 5.91 Å². The van der Waals surface area contributed by atoms with E-state index in [1.807, 2.05) is 24.3 Å².